The lowest BCUT2D eigenvalue weighted by Gasteiger charge is -2.14. The summed E-state index contributed by atoms with van der Waals surface area (Å²) in [6.07, 6.45) is 0.537. The number of carbonyl (C=O) groups excluding carboxylic acids is 1. The lowest BCUT2D eigenvalue weighted by molar-refractivity contribution is 0.102. The SMILES string of the molecule is COc1ccc(S(=O)(=O)N[C@H]2CCOC2)cc1C(=O)Nc1c(F)cccc1F. The van der Waals surface area contributed by atoms with Crippen molar-refractivity contribution in [2.24, 2.45) is 0 Å². The van der Waals surface area contributed by atoms with Crippen molar-refractivity contribution in [3.63, 3.8) is 0 Å². The Hall–Kier alpha value is -2.56. The third kappa shape index (κ3) is 4.29. The molecule has 2 aromatic carbocycles. The van der Waals surface area contributed by atoms with Gasteiger partial charge in [-0.1, -0.05) is 6.07 Å². The second-order valence-electron chi connectivity index (χ2n) is 6.09. The number of sulfonamides is 1. The number of benzene rings is 2. The van der Waals surface area contributed by atoms with Gasteiger partial charge in [-0.2, -0.15) is 0 Å². The Bertz CT molecular complexity index is 971. The van der Waals surface area contributed by atoms with E-state index in [2.05, 4.69) is 10.0 Å². The van der Waals surface area contributed by atoms with Gasteiger partial charge in [0.05, 0.1) is 24.2 Å². The third-order valence-electron chi connectivity index (χ3n) is 4.18. The number of nitrogens with one attached hydrogen (secondary N) is 2. The number of hydrogen-bond donors (Lipinski definition) is 2. The van der Waals surface area contributed by atoms with E-state index < -0.39 is 33.3 Å². The maximum absolute atomic E-state index is 13.8. The first kappa shape index (κ1) is 20.2. The number of carbonyl (C=O) groups is 1. The fourth-order valence-electron chi connectivity index (χ4n) is 2.74. The van der Waals surface area contributed by atoms with Crippen LogP contribution in [-0.2, 0) is 14.8 Å². The van der Waals surface area contributed by atoms with Gasteiger partial charge in [0.15, 0.2) is 0 Å². The summed E-state index contributed by atoms with van der Waals surface area (Å²) in [5.41, 5.74) is -0.820. The Labute approximate surface area is 160 Å². The van der Waals surface area contributed by atoms with Crippen LogP contribution in [0, 0.1) is 11.6 Å². The average molecular weight is 412 g/mol. The summed E-state index contributed by atoms with van der Waals surface area (Å²) in [7, 11) is -2.64. The molecule has 1 amide bonds. The molecule has 0 aromatic heterocycles. The van der Waals surface area contributed by atoms with Crippen LogP contribution in [0.25, 0.3) is 0 Å². The van der Waals surface area contributed by atoms with E-state index in [0.717, 1.165) is 24.3 Å². The zero-order valence-corrected chi connectivity index (χ0v) is 15.7. The molecule has 2 N–H and O–H groups in total. The van der Waals surface area contributed by atoms with E-state index >= 15 is 0 Å². The normalized spacial score (nSPS) is 16.8. The van der Waals surface area contributed by atoms with Gasteiger partial charge in [-0.25, -0.2) is 21.9 Å². The Kier molecular flexibility index (Phi) is 5.92. The van der Waals surface area contributed by atoms with Crippen LogP contribution < -0.4 is 14.8 Å². The van der Waals surface area contributed by atoms with E-state index in [4.69, 9.17) is 9.47 Å². The van der Waals surface area contributed by atoms with Crippen molar-refractivity contribution in [2.75, 3.05) is 25.6 Å². The number of halogens is 2. The topological polar surface area (TPSA) is 93.7 Å². The Morgan fingerprint density at radius 3 is 2.54 bits per heavy atom. The number of para-hydroxylation sites is 1. The summed E-state index contributed by atoms with van der Waals surface area (Å²) in [6.45, 7) is 0.715. The van der Waals surface area contributed by atoms with E-state index in [0.29, 0.717) is 13.0 Å². The maximum atomic E-state index is 13.8. The van der Waals surface area contributed by atoms with Crippen molar-refractivity contribution in [2.45, 2.75) is 17.4 Å². The summed E-state index contributed by atoms with van der Waals surface area (Å²) in [5.74, 6) is -2.78. The highest BCUT2D eigenvalue weighted by Gasteiger charge is 2.26. The van der Waals surface area contributed by atoms with Crippen molar-refractivity contribution in [3.05, 3.63) is 53.6 Å². The van der Waals surface area contributed by atoms with Gasteiger partial charge >= 0.3 is 0 Å². The zero-order valence-electron chi connectivity index (χ0n) is 14.9. The number of hydrogen-bond acceptors (Lipinski definition) is 5. The molecule has 1 atom stereocenters. The van der Waals surface area contributed by atoms with Crippen LogP contribution in [0.2, 0.25) is 0 Å². The third-order valence-corrected chi connectivity index (χ3v) is 5.70. The molecular formula is C18H18F2N2O5S. The predicted molar refractivity (Wildman–Crippen MR) is 96.9 cm³/mol. The van der Waals surface area contributed by atoms with Crippen molar-refractivity contribution in [3.8, 4) is 5.75 Å². The van der Waals surface area contributed by atoms with Gasteiger partial charge < -0.3 is 14.8 Å². The molecule has 0 aliphatic carbocycles. The minimum absolute atomic E-state index is 0.0531. The van der Waals surface area contributed by atoms with Gasteiger partial charge in [0.1, 0.15) is 23.1 Å². The minimum Gasteiger partial charge on any atom is -0.496 e. The molecule has 1 aliphatic rings. The summed E-state index contributed by atoms with van der Waals surface area (Å²) in [5, 5.41) is 2.12. The first-order chi connectivity index (χ1) is 13.3. The quantitative estimate of drug-likeness (QED) is 0.759. The van der Waals surface area contributed by atoms with Crippen molar-refractivity contribution in [1.29, 1.82) is 0 Å². The van der Waals surface area contributed by atoms with Gasteiger partial charge in [-0.15, -0.1) is 0 Å². The maximum Gasteiger partial charge on any atom is 0.259 e. The molecule has 3 rings (SSSR count). The van der Waals surface area contributed by atoms with Crippen molar-refractivity contribution < 1.29 is 31.5 Å². The summed E-state index contributed by atoms with van der Waals surface area (Å²) in [4.78, 5) is 12.4. The van der Waals surface area contributed by atoms with Crippen LogP contribution in [0.3, 0.4) is 0 Å². The second-order valence-corrected chi connectivity index (χ2v) is 7.81. The highest BCUT2D eigenvalue weighted by molar-refractivity contribution is 7.89. The molecule has 0 radical (unpaired) electrons. The summed E-state index contributed by atoms with van der Waals surface area (Å²) < 4.78 is 65.5. The van der Waals surface area contributed by atoms with Crippen LogP contribution in [-0.4, -0.2) is 40.7 Å². The summed E-state index contributed by atoms with van der Waals surface area (Å²) >= 11 is 0. The number of amides is 1. The number of rotatable bonds is 6. The van der Waals surface area contributed by atoms with E-state index in [1.807, 2.05) is 0 Å². The largest absolute Gasteiger partial charge is 0.496 e. The van der Waals surface area contributed by atoms with Gasteiger partial charge in [0, 0.05) is 12.6 Å². The zero-order chi connectivity index (χ0) is 20.3. The molecular weight excluding hydrogens is 394 g/mol. The van der Waals surface area contributed by atoms with Crippen LogP contribution in [0.15, 0.2) is 41.3 Å². The molecule has 1 fully saturated rings. The average Bonchev–Trinajstić information content (AvgIpc) is 3.16. The molecule has 1 aliphatic heterocycles. The molecule has 1 saturated heterocycles. The van der Waals surface area contributed by atoms with E-state index in [1.165, 1.54) is 19.2 Å². The van der Waals surface area contributed by atoms with Crippen molar-refractivity contribution >= 4 is 21.6 Å². The molecule has 7 nitrogen and oxygen atoms in total. The molecule has 2 aromatic rings. The van der Waals surface area contributed by atoms with E-state index in [-0.39, 0.29) is 28.9 Å². The van der Waals surface area contributed by atoms with Gasteiger partial charge in [0.25, 0.3) is 5.91 Å². The molecule has 0 unspecified atom stereocenters. The Morgan fingerprint density at radius 2 is 1.93 bits per heavy atom. The fourth-order valence-corrected chi connectivity index (χ4v) is 4.03. The minimum atomic E-state index is -3.93. The van der Waals surface area contributed by atoms with Gasteiger partial charge in [-0.3, -0.25) is 4.79 Å². The number of methoxy groups -OCH3 is 1. The number of ether oxygens (including phenoxy) is 2. The first-order valence-electron chi connectivity index (χ1n) is 8.35. The van der Waals surface area contributed by atoms with Crippen LogP contribution >= 0.6 is 0 Å². The van der Waals surface area contributed by atoms with Crippen LogP contribution in [0.5, 0.6) is 5.75 Å². The van der Waals surface area contributed by atoms with Crippen LogP contribution in [0.1, 0.15) is 16.8 Å². The predicted octanol–water partition coefficient (Wildman–Crippen LogP) is 2.29. The molecule has 0 saturated carbocycles. The van der Waals surface area contributed by atoms with Gasteiger partial charge in [0.2, 0.25) is 10.0 Å². The Balaban J connectivity index is 1.91. The van der Waals surface area contributed by atoms with E-state index in [9.17, 15) is 22.0 Å². The molecule has 0 bridgehead atoms. The van der Waals surface area contributed by atoms with Gasteiger partial charge in [-0.05, 0) is 36.8 Å². The lowest BCUT2D eigenvalue weighted by Crippen LogP contribution is -2.35. The number of anilines is 1. The Morgan fingerprint density at radius 1 is 1.21 bits per heavy atom. The van der Waals surface area contributed by atoms with E-state index in [1.54, 1.807) is 0 Å². The highest BCUT2D eigenvalue weighted by Crippen LogP contribution is 2.26. The molecule has 1 heterocycles. The molecule has 10 heteroatoms. The smallest absolute Gasteiger partial charge is 0.259 e. The second kappa shape index (κ2) is 8.21. The molecule has 0 spiro atoms. The fraction of sp³-hybridized carbons (Fsp3) is 0.278. The van der Waals surface area contributed by atoms with Crippen LogP contribution in [0.4, 0.5) is 14.5 Å². The lowest BCUT2D eigenvalue weighted by atomic mass is 10.1. The van der Waals surface area contributed by atoms with Crippen molar-refractivity contribution in [1.82, 2.24) is 4.72 Å². The summed E-state index contributed by atoms with van der Waals surface area (Å²) in [6, 6.07) is 6.44. The standard InChI is InChI=1S/C18H18F2N2O5S/c1-26-16-6-5-12(28(24,25)22-11-7-8-27-10-11)9-13(16)18(23)21-17-14(19)3-2-4-15(17)20/h2-6,9,11,22H,7-8,10H2,1H3,(H,21,23)/t11-/m0/s1. The highest BCUT2D eigenvalue weighted by atomic mass is 32.2. The monoisotopic (exact) mass is 412 g/mol. The molecule has 28 heavy (non-hydrogen) atoms. The first-order valence-corrected chi connectivity index (χ1v) is 9.83. The molecule has 150 valence electrons.